The van der Waals surface area contributed by atoms with Gasteiger partial charge in [0.25, 0.3) is 0 Å². The Kier molecular flexibility index (Phi) is 11.5. The fourth-order valence-electron chi connectivity index (χ4n) is 2.09. The zero-order chi connectivity index (χ0) is 17.0. The highest BCUT2D eigenvalue weighted by Gasteiger charge is 2.30. The summed E-state index contributed by atoms with van der Waals surface area (Å²) in [6.45, 7) is 10.7. The van der Waals surface area contributed by atoms with Gasteiger partial charge in [-0.15, -0.1) is 0 Å². The van der Waals surface area contributed by atoms with Gasteiger partial charge in [0.15, 0.2) is 0 Å². The first-order valence-corrected chi connectivity index (χ1v) is 8.47. The summed E-state index contributed by atoms with van der Waals surface area (Å²) in [7, 11) is 0. The second kappa shape index (κ2) is 12.2. The van der Waals surface area contributed by atoms with E-state index in [4.69, 9.17) is 9.47 Å². The first kappa shape index (κ1) is 20.7. The minimum absolute atomic E-state index is 0.294. The molecule has 0 aliphatic heterocycles. The summed E-state index contributed by atoms with van der Waals surface area (Å²) in [5, 5.41) is 0. The van der Waals surface area contributed by atoms with Gasteiger partial charge in [-0.2, -0.15) is 0 Å². The highest BCUT2D eigenvalue weighted by molar-refractivity contribution is 5.95. The van der Waals surface area contributed by atoms with Gasteiger partial charge in [-0.1, -0.05) is 46.6 Å². The van der Waals surface area contributed by atoms with Gasteiger partial charge in [0, 0.05) is 5.57 Å². The molecule has 0 aliphatic carbocycles. The molecule has 0 amide bonds. The molecule has 1 atom stereocenters. The van der Waals surface area contributed by atoms with Crippen molar-refractivity contribution in [3.8, 4) is 0 Å². The molecular formula is C18H32O4. The van der Waals surface area contributed by atoms with Crippen molar-refractivity contribution in [2.45, 2.75) is 66.7 Å². The largest absolute Gasteiger partial charge is 0.465 e. The summed E-state index contributed by atoms with van der Waals surface area (Å²) in [5.74, 6) is -0.949. The third kappa shape index (κ3) is 8.20. The third-order valence-electron chi connectivity index (χ3n) is 3.39. The topological polar surface area (TPSA) is 52.6 Å². The molecule has 0 saturated heterocycles. The summed E-state index contributed by atoms with van der Waals surface area (Å²) < 4.78 is 10.6. The number of esters is 2. The van der Waals surface area contributed by atoms with Gasteiger partial charge in [0.05, 0.1) is 19.1 Å². The molecular weight excluding hydrogens is 280 g/mol. The lowest BCUT2D eigenvalue weighted by molar-refractivity contribution is -0.151. The van der Waals surface area contributed by atoms with Crippen molar-refractivity contribution in [3.05, 3.63) is 11.6 Å². The van der Waals surface area contributed by atoms with Crippen molar-refractivity contribution in [2.24, 2.45) is 11.8 Å². The van der Waals surface area contributed by atoms with Crippen LogP contribution in [0.2, 0.25) is 0 Å². The van der Waals surface area contributed by atoms with E-state index < -0.39 is 11.9 Å². The summed E-state index contributed by atoms with van der Waals surface area (Å²) in [5.41, 5.74) is 0.423. The summed E-state index contributed by atoms with van der Waals surface area (Å²) in [6.07, 6.45) is 5.88. The fraction of sp³-hybridized carbons (Fsp3) is 0.778. The van der Waals surface area contributed by atoms with Crippen LogP contribution in [0.1, 0.15) is 66.7 Å². The van der Waals surface area contributed by atoms with Crippen molar-refractivity contribution in [2.75, 3.05) is 13.2 Å². The second-order valence-corrected chi connectivity index (χ2v) is 5.94. The monoisotopic (exact) mass is 312 g/mol. The molecule has 0 aliphatic rings. The highest BCUT2D eigenvalue weighted by atomic mass is 16.5. The molecule has 4 nitrogen and oxygen atoms in total. The van der Waals surface area contributed by atoms with Gasteiger partial charge < -0.3 is 9.47 Å². The molecule has 128 valence electrons. The number of hydrogen-bond donors (Lipinski definition) is 0. The summed E-state index contributed by atoms with van der Waals surface area (Å²) in [4.78, 5) is 24.5. The number of allylic oxidation sites excluding steroid dienone is 1. The first-order chi connectivity index (χ1) is 10.5. The average molecular weight is 312 g/mol. The van der Waals surface area contributed by atoms with Gasteiger partial charge in [0.1, 0.15) is 0 Å². The molecule has 0 bridgehead atoms. The van der Waals surface area contributed by atoms with Crippen LogP contribution < -0.4 is 0 Å². The molecule has 1 unspecified atom stereocenters. The van der Waals surface area contributed by atoms with E-state index in [0.717, 1.165) is 25.7 Å². The minimum Gasteiger partial charge on any atom is -0.465 e. The van der Waals surface area contributed by atoms with Gasteiger partial charge in [0.2, 0.25) is 0 Å². The number of carbonyl (C=O) groups is 2. The van der Waals surface area contributed by atoms with E-state index in [2.05, 4.69) is 0 Å². The van der Waals surface area contributed by atoms with Crippen LogP contribution in [-0.2, 0) is 19.1 Å². The Labute approximate surface area is 135 Å². The molecule has 0 aromatic rings. The maximum Gasteiger partial charge on any atom is 0.334 e. The normalized spacial score (nSPS) is 13.1. The highest BCUT2D eigenvalue weighted by Crippen LogP contribution is 2.23. The maximum absolute atomic E-state index is 12.3. The predicted octanol–water partition coefficient (Wildman–Crippen LogP) is 4.28. The van der Waals surface area contributed by atoms with E-state index in [0.29, 0.717) is 31.1 Å². The minimum atomic E-state index is -0.531. The van der Waals surface area contributed by atoms with Crippen LogP contribution in [-0.4, -0.2) is 25.2 Å². The van der Waals surface area contributed by atoms with E-state index in [1.807, 2.05) is 27.7 Å². The molecule has 0 spiro atoms. The standard InChI is InChI=1S/C18H32O4/c1-6-9-11-21-17(19)15(8-3)16(13-14(4)5)18(20)22-12-10-7-2/h8,14,16H,6-7,9-13H2,1-5H3. The Morgan fingerprint density at radius 3 is 2.00 bits per heavy atom. The summed E-state index contributed by atoms with van der Waals surface area (Å²) in [6, 6.07) is 0. The smallest absolute Gasteiger partial charge is 0.334 e. The number of carbonyl (C=O) groups excluding carboxylic acids is 2. The van der Waals surface area contributed by atoms with Gasteiger partial charge in [-0.3, -0.25) is 4.79 Å². The van der Waals surface area contributed by atoms with Gasteiger partial charge in [-0.05, 0) is 32.1 Å². The SMILES string of the molecule is CC=C(C(=O)OCCCC)C(CC(C)C)C(=O)OCCCC. The van der Waals surface area contributed by atoms with Crippen LogP contribution >= 0.6 is 0 Å². The maximum atomic E-state index is 12.3. The van der Waals surface area contributed by atoms with Gasteiger partial charge >= 0.3 is 11.9 Å². The fourth-order valence-corrected chi connectivity index (χ4v) is 2.09. The number of unbranched alkanes of at least 4 members (excludes halogenated alkanes) is 2. The average Bonchev–Trinajstić information content (AvgIpc) is 2.47. The first-order valence-electron chi connectivity index (χ1n) is 8.47. The zero-order valence-electron chi connectivity index (χ0n) is 14.8. The molecule has 0 fully saturated rings. The van der Waals surface area contributed by atoms with Crippen molar-refractivity contribution in [1.29, 1.82) is 0 Å². The Morgan fingerprint density at radius 1 is 1.00 bits per heavy atom. The van der Waals surface area contributed by atoms with Crippen LogP contribution in [0, 0.1) is 11.8 Å². The van der Waals surface area contributed by atoms with E-state index in [1.165, 1.54) is 0 Å². The molecule has 0 heterocycles. The van der Waals surface area contributed by atoms with Crippen LogP contribution in [0.25, 0.3) is 0 Å². The number of hydrogen-bond acceptors (Lipinski definition) is 4. The van der Waals surface area contributed by atoms with Crippen molar-refractivity contribution < 1.29 is 19.1 Å². The molecule has 0 aromatic carbocycles. The lowest BCUT2D eigenvalue weighted by Gasteiger charge is -2.20. The molecule has 4 heteroatoms. The molecule has 0 rings (SSSR count). The predicted molar refractivity (Wildman–Crippen MR) is 88.4 cm³/mol. The Bertz CT molecular complexity index is 358. The molecule has 0 radical (unpaired) electrons. The Morgan fingerprint density at radius 2 is 1.55 bits per heavy atom. The molecule has 22 heavy (non-hydrogen) atoms. The van der Waals surface area contributed by atoms with E-state index in [1.54, 1.807) is 13.0 Å². The van der Waals surface area contributed by atoms with Gasteiger partial charge in [-0.25, -0.2) is 4.79 Å². The van der Waals surface area contributed by atoms with Crippen LogP contribution in [0.3, 0.4) is 0 Å². The summed E-state index contributed by atoms with van der Waals surface area (Å²) >= 11 is 0. The number of rotatable bonds is 11. The Hall–Kier alpha value is -1.32. The molecule has 0 N–H and O–H groups in total. The third-order valence-corrected chi connectivity index (χ3v) is 3.39. The quantitative estimate of drug-likeness (QED) is 0.324. The van der Waals surface area contributed by atoms with Crippen LogP contribution in [0.15, 0.2) is 11.6 Å². The van der Waals surface area contributed by atoms with Crippen molar-refractivity contribution >= 4 is 11.9 Å². The van der Waals surface area contributed by atoms with Crippen LogP contribution in [0.4, 0.5) is 0 Å². The lowest BCUT2D eigenvalue weighted by atomic mass is 9.90. The Balaban J connectivity index is 4.87. The van der Waals surface area contributed by atoms with E-state index in [9.17, 15) is 9.59 Å². The lowest BCUT2D eigenvalue weighted by Crippen LogP contribution is -2.27. The number of ether oxygens (including phenoxy) is 2. The molecule has 0 saturated carbocycles. The van der Waals surface area contributed by atoms with Crippen LogP contribution in [0.5, 0.6) is 0 Å². The zero-order valence-corrected chi connectivity index (χ0v) is 14.8. The van der Waals surface area contributed by atoms with E-state index in [-0.39, 0.29) is 5.97 Å². The van der Waals surface area contributed by atoms with Crippen molar-refractivity contribution in [3.63, 3.8) is 0 Å². The van der Waals surface area contributed by atoms with E-state index >= 15 is 0 Å². The van der Waals surface area contributed by atoms with Crippen molar-refractivity contribution in [1.82, 2.24) is 0 Å². The second-order valence-electron chi connectivity index (χ2n) is 5.94. The molecule has 0 aromatic heterocycles.